The van der Waals surface area contributed by atoms with Crippen LogP contribution in [-0.4, -0.2) is 16.2 Å². The van der Waals surface area contributed by atoms with E-state index in [1.807, 2.05) is 31.2 Å². The van der Waals surface area contributed by atoms with Crippen LogP contribution >= 0.6 is 0 Å². The van der Waals surface area contributed by atoms with E-state index < -0.39 is 5.97 Å². The molecule has 0 saturated carbocycles. The van der Waals surface area contributed by atoms with Gasteiger partial charge in [-0.15, -0.1) is 0 Å². The maximum Gasteiger partial charge on any atom is 0.336 e. The lowest BCUT2D eigenvalue weighted by Gasteiger charge is -2.07. The second-order valence-electron chi connectivity index (χ2n) is 3.90. The van der Waals surface area contributed by atoms with Crippen molar-refractivity contribution in [3.05, 3.63) is 53.6 Å². The lowest BCUT2D eigenvalue weighted by Crippen LogP contribution is -1.99. The van der Waals surface area contributed by atoms with Gasteiger partial charge in [-0.25, -0.2) is 4.79 Å². The molecule has 86 valence electrons. The first-order valence-electron chi connectivity index (χ1n) is 5.21. The molecule has 0 saturated heterocycles. The van der Waals surface area contributed by atoms with Gasteiger partial charge in [-0.05, 0) is 36.2 Å². The lowest BCUT2D eigenvalue weighted by molar-refractivity contribution is 0.0697. The second kappa shape index (κ2) is 4.29. The predicted molar refractivity (Wildman–Crippen MR) is 65.2 cm³/mol. The van der Waals surface area contributed by atoms with Crippen LogP contribution in [0.4, 0.5) is 0 Å². The Hall–Kier alpha value is -2.29. The molecular weight excluding hydrogens is 216 g/mol. The van der Waals surface area contributed by atoms with Gasteiger partial charge < -0.3 is 10.2 Å². The smallest absolute Gasteiger partial charge is 0.336 e. The number of carboxylic acids is 1. The Morgan fingerprint density at radius 1 is 1.12 bits per heavy atom. The lowest BCUT2D eigenvalue weighted by atomic mass is 9.98. The molecule has 17 heavy (non-hydrogen) atoms. The normalized spacial score (nSPS) is 10.2. The molecule has 0 fully saturated rings. The summed E-state index contributed by atoms with van der Waals surface area (Å²) in [6, 6.07) is 11.8. The standard InChI is InChI=1S/C14H12O3/c1-9-3-2-4-10(7-9)13-8-11(15)5-6-12(13)14(16)17/h2-8,15H,1H3,(H,16,17). The van der Waals surface area contributed by atoms with Crippen molar-refractivity contribution < 1.29 is 15.0 Å². The summed E-state index contributed by atoms with van der Waals surface area (Å²) in [5.41, 5.74) is 2.55. The number of carbonyl (C=O) groups is 1. The van der Waals surface area contributed by atoms with Crippen molar-refractivity contribution in [2.45, 2.75) is 6.92 Å². The summed E-state index contributed by atoms with van der Waals surface area (Å²) in [5, 5.41) is 18.6. The Bertz CT molecular complexity index is 573. The van der Waals surface area contributed by atoms with Crippen LogP contribution < -0.4 is 0 Å². The van der Waals surface area contributed by atoms with Crippen LogP contribution in [0, 0.1) is 6.92 Å². The topological polar surface area (TPSA) is 57.5 Å². The van der Waals surface area contributed by atoms with E-state index in [2.05, 4.69) is 0 Å². The number of phenolic OH excluding ortho intramolecular Hbond substituents is 1. The third-order valence-electron chi connectivity index (χ3n) is 2.56. The van der Waals surface area contributed by atoms with Crippen molar-refractivity contribution in [1.82, 2.24) is 0 Å². The van der Waals surface area contributed by atoms with Gasteiger partial charge in [-0.1, -0.05) is 29.8 Å². The van der Waals surface area contributed by atoms with E-state index in [1.54, 1.807) is 0 Å². The minimum Gasteiger partial charge on any atom is -0.508 e. The third kappa shape index (κ3) is 2.28. The number of aromatic carboxylic acids is 1. The van der Waals surface area contributed by atoms with Crippen LogP contribution in [0.1, 0.15) is 15.9 Å². The van der Waals surface area contributed by atoms with Gasteiger partial charge >= 0.3 is 5.97 Å². The number of carboxylic acid groups (broad SMARTS) is 1. The molecule has 0 spiro atoms. The van der Waals surface area contributed by atoms with Crippen LogP contribution in [0.5, 0.6) is 5.75 Å². The summed E-state index contributed by atoms with van der Waals surface area (Å²) in [5.74, 6) is -0.937. The maximum atomic E-state index is 11.1. The molecule has 0 aliphatic heterocycles. The summed E-state index contributed by atoms with van der Waals surface area (Å²) in [6.07, 6.45) is 0. The molecule has 0 radical (unpaired) electrons. The molecule has 0 aromatic heterocycles. The van der Waals surface area contributed by atoms with Gasteiger partial charge in [0.25, 0.3) is 0 Å². The summed E-state index contributed by atoms with van der Waals surface area (Å²) in [7, 11) is 0. The molecule has 0 aliphatic rings. The predicted octanol–water partition coefficient (Wildman–Crippen LogP) is 3.07. The summed E-state index contributed by atoms with van der Waals surface area (Å²) in [6.45, 7) is 1.94. The van der Waals surface area contributed by atoms with Gasteiger partial charge in [0, 0.05) is 0 Å². The third-order valence-corrected chi connectivity index (χ3v) is 2.56. The molecule has 2 aromatic rings. The molecule has 0 unspecified atom stereocenters. The average molecular weight is 228 g/mol. The Morgan fingerprint density at radius 3 is 2.53 bits per heavy atom. The highest BCUT2D eigenvalue weighted by Crippen LogP contribution is 2.28. The molecule has 0 heterocycles. The average Bonchev–Trinajstić information content (AvgIpc) is 2.28. The monoisotopic (exact) mass is 228 g/mol. The van der Waals surface area contributed by atoms with E-state index in [0.717, 1.165) is 11.1 Å². The Balaban J connectivity index is 2.65. The molecule has 2 aromatic carbocycles. The Kier molecular flexibility index (Phi) is 2.83. The van der Waals surface area contributed by atoms with Crippen molar-refractivity contribution >= 4 is 5.97 Å². The maximum absolute atomic E-state index is 11.1. The van der Waals surface area contributed by atoms with Crippen molar-refractivity contribution in [3.63, 3.8) is 0 Å². The molecule has 3 nitrogen and oxygen atoms in total. The number of aryl methyl sites for hydroxylation is 1. The van der Waals surface area contributed by atoms with E-state index in [-0.39, 0.29) is 11.3 Å². The number of rotatable bonds is 2. The van der Waals surface area contributed by atoms with E-state index >= 15 is 0 Å². The van der Waals surface area contributed by atoms with Gasteiger partial charge in [0.1, 0.15) is 5.75 Å². The fraction of sp³-hybridized carbons (Fsp3) is 0.0714. The molecule has 3 heteroatoms. The number of phenols is 1. The fourth-order valence-corrected chi connectivity index (χ4v) is 1.77. The fourth-order valence-electron chi connectivity index (χ4n) is 1.77. The minimum absolute atomic E-state index is 0.0616. The van der Waals surface area contributed by atoms with Gasteiger partial charge in [0.15, 0.2) is 0 Å². The molecule has 0 amide bonds. The first-order valence-corrected chi connectivity index (χ1v) is 5.21. The minimum atomic E-state index is -0.999. The van der Waals surface area contributed by atoms with Crippen molar-refractivity contribution in [1.29, 1.82) is 0 Å². The Morgan fingerprint density at radius 2 is 1.88 bits per heavy atom. The molecule has 0 aliphatic carbocycles. The van der Waals surface area contributed by atoms with Crippen LogP contribution in [-0.2, 0) is 0 Å². The van der Waals surface area contributed by atoms with E-state index in [0.29, 0.717) is 5.56 Å². The molecule has 0 bridgehead atoms. The number of aromatic hydroxyl groups is 1. The molecule has 2 rings (SSSR count). The quantitative estimate of drug-likeness (QED) is 0.830. The molecule has 0 atom stereocenters. The van der Waals surface area contributed by atoms with Crippen LogP contribution in [0.3, 0.4) is 0 Å². The van der Waals surface area contributed by atoms with E-state index in [9.17, 15) is 9.90 Å². The summed E-state index contributed by atoms with van der Waals surface area (Å²) < 4.78 is 0. The SMILES string of the molecule is Cc1cccc(-c2cc(O)ccc2C(=O)O)c1. The highest BCUT2D eigenvalue weighted by Gasteiger charge is 2.12. The van der Waals surface area contributed by atoms with E-state index in [1.165, 1.54) is 18.2 Å². The van der Waals surface area contributed by atoms with Crippen LogP contribution in [0.2, 0.25) is 0 Å². The number of hydrogen-bond donors (Lipinski definition) is 2. The van der Waals surface area contributed by atoms with Gasteiger partial charge in [0.2, 0.25) is 0 Å². The number of hydrogen-bond acceptors (Lipinski definition) is 2. The zero-order chi connectivity index (χ0) is 12.4. The van der Waals surface area contributed by atoms with Crippen LogP contribution in [0.15, 0.2) is 42.5 Å². The van der Waals surface area contributed by atoms with Crippen molar-refractivity contribution in [2.75, 3.05) is 0 Å². The van der Waals surface area contributed by atoms with Gasteiger partial charge in [-0.2, -0.15) is 0 Å². The first kappa shape index (κ1) is 11.2. The molecular formula is C14H12O3. The highest BCUT2D eigenvalue weighted by atomic mass is 16.4. The summed E-state index contributed by atoms with van der Waals surface area (Å²) >= 11 is 0. The zero-order valence-electron chi connectivity index (χ0n) is 9.34. The van der Waals surface area contributed by atoms with Gasteiger partial charge in [-0.3, -0.25) is 0 Å². The second-order valence-corrected chi connectivity index (χ2v) is 3.90. The molecule has 2 N–H and O–H groups in total. The Labute approximate surface area is 99.0 Å². The van der Waals surface area contributed by atoms with E-state index in [4.69, 9.17) is 5.11 Å². The largest absolute Gasteiger partial charge is 0.508 e. The highest BCUT2D eigenvalue weighted by molar-refractivity contribution is 5.96. The van der Waals surface area contributed by atoms with Crippen LogP contribution in [0.25, 0.3) is 11.1 Å². The number of benzene rings is 2. The van der Waals surface area contributed by atoms with Gasteiger partial charge in [0.05, 0.1) is 5.56 Å². The first-order chi connectivity index (χ1) is 8.08. The zero-order valence-corrected chi connectivity index (χ0v) is 9.34. The summed E-state index contributed by atoms with van der Waals surface area (Å²) in [4.78, 5) is 11.1. The van der Waals surface area contributed by atoms with Crippen molar-refractivity contribution in [3.8, 4) is 16.9 Å². The van der Waals surface area contributed by atoms with Crippen molar-refractivity contribution in [2.24, 2.45) is 0 Å².